The molecule has 0 saturated carbocycles. The molecule has 4 nitrogen and oxygen atoms in total. The fourth-order valence-electron chi connectivity index (χ4n) is 1.76. The molecular formula is C10H19N3O. The summed E-state index contributed by atoms with van der Waals surface area (Å²) in [5.74, 6) is 1.90. The Morgan fingerprint density at radius 3 is 2.36 bits per heavy atom. The van der Waals surface area contributed by atoms with Gasteiger partial charge < -0.3 is 9.67 Å². The van der Waals surface area contributed by atoms with Crippen molar-refractivity contribution >= 4 is 0 Å². The predicted octanol–water partition coefficient (Wildman–Crippen LogP) is 1.38. The van der Waals surface area contributed by atoms with E-state index in [9.17, 15) is 5.11 Å². The van der Waals surface area contributed by atoms with E-state index >= 15 is 0 Å². The first-order valence-corrected chi connectivity index (χ1v) is 4.93. The van der Waals surface area contributed by atoms with E-state index < -0.39 is 5.60 Å². The smallest absolute Gasteiger partial charge is 0.164 e. The molecule has 0 aromatic carbocycles. The lowest BCUT2D eigenvalue weighted by Gasteiger charge is -2.24. The number of rotatable bonds is 3. The topological polar surface area (TPSA) is 50.9 Å². The number of aryl methyl sites for hydroxylation is 1. The SMILES string of the molecule is Cc1nnc(C(C)(O)CC(C)C)n1C. The number of hydrogen-bond acceptors (Lipinski definition) is 3. The highest BCUT2D eigenvalue weighted by Gasteiger charge is 2.29. The third kappa shape index (κ3) is 2.12. The molecule has 1 aromatic heterocycles. The van der Waals surface area contributed by atoms with Crippen molar-refractivity contribution in [3.63, 3.8) is 0 Å². The summed E-state index contributed by atoms with van der Waals surface area (Å²) in [6.45, 7) is 7.83. The molecule has 14 heavy (non-hydrogen) atoms. The van der Waals surface area contributed by atoms with Gasteiger partial charge in [-0.05, 0) is 26.2 Å². The van der Waals surface area contributed by atoms with Gasteiger partial charge in [0.25, 0.3) is 0 Å². The molecule has 80 valence electrons. The van der Waals surface area contributed by atoms with Crippen LogP contribution in [-0.4, -0.2) is 19.9 Å². The Balaban J connectivity index is 2.97. The van der Waals surface area contributed by atoms with Crippen LogP contribution in [0.15, 0.2) is 0 Å². The molecule has 0 fully saturated rings. The highest BCUT2D eigenvalue weighted by molar-refractivity contribution is 5.03. The van der Waals surface area contributed by atoms with E-state index in [-0.39, 0.29) is 0 Å². The van der Waals surface area contributed by atoms with E-state index in [0.29, 0.717) is 18.2 Å². The maximum absolute atomic E-state index is 10.2. The van der Waals surface area contributed by atoms with Crippen LogP contribution >= 0.6 is 0 Å². The lowest BCUT2D eigenvalue weighted by molar-refractivity contribution is 0.0229. The van der Waals surface area contributed by atoms with Gasteiger partial charge in [-0.3, -0.25) is 0 Å². The van der Waals surface area contributed by atoms with Crippen LogP contribution < -0.4 is 0 Å². The zero-order valence-corrected chi connectivity index (χ0v) is 9.57. The monoisotopic (exact) mass is 197 g/mol. The van der Waals surface area contributed by atoms with E-state index in [0.717, 1.165) is 5.82 Å². The van der Waals surface area contributed by atoms with E-state index in [1.807, 2.05) is 18.5 Å². The van der Waals surface area contributed by atoms with Gasteiger partial charge in [-0.15, -0.1) is 10.2 Å². The zero-order chi connectivity index (χ0) is 10.9. The number of aromatic nitrogens is 3. The van der Waals surface area contributed by atoms with Crippen molar-refractivity contribution in [1.82, 2.24) is 14.8 Å². The van der Waals surface area contributed by atoms with Gasteiger partial charge in [0, 0.05) is 7.05 Å². The largest absolute Gasteiger partial charge is 0.382 e. The van der Waals surface area contributed by atoms with Crippen molar-refractivity contribution in [3.8, 4) is 0 Å². The van der Waals surface area contributed by atoms with Crippen molar-refractivity contribution in [3.05, 3.63) is 11.6 Å². The standard InChI is InChI=1S/C10H19N3O/c1-7(2)6-10(4,14)9-12-11-8(3)13(9)5/h7,14H,6H2,1-5H3. The Labute approximate surface area is 85.0 Å². The molecule has 0 bridgehead atoms. The molecular weight excluding hydrogens is 178 g/mol. The Kier molecular flexibility index (Phi) is 2.95. The molecule has 0 spiro atoms. The Bertz CT molecular complexity index is 315. The fraction of sp³-hybridized carbons (Fsp3) is 0.800. The lowest BCUT2D eigenvalue weighted by atomic mass is 9.93. The third-order valence-corrected chi connectivity index (χ3v) is 2.38. The van der Waals surface area contributed by atoms with E-state index in [4.69, 9.17) is 0 Å². The second-order valence-corrected chi connectivity index (χ2v) is 4.50. The van der Waals surface area contributed by atoms with Gasteiger partial charge in [-0.2, -0.15) is 0 Å². The first-order valence-electron chi connectivity index (χ1n) is 4.93. The minimum Gasteiger partial charge on any atom is -0.382 e. The van der Waals surface area contributed by atoms with Gasteiger partial charge in [-0.25, -0.2) is 0 Å². The van der Waals surface area contributed by atoms with Crippen LogP contribution in [0.3, 0.4) is 0 Å². The summed E-state index contributed by atoms with van der Waals surface area (Å²) < 4.78 is 1.84. The average Bonchev–Trinajstić information content (AvgIpc) is 2.30. The highest BCUT2D eigenvalue weighted by atomic mass is 16.3. The first-order chi connectivity index (χ1) is 6.34. The third-order valence-electron chi connectivity index (χ3n) is 2.38. The molecule has 0 saturated heterocycles. The molecule has 0 aliphatic rings. The van der Waals surface area contributed by atoms with Crippen molar-refractivity contribution in [1.29, 1.82) is 0 Å². The second kappa shape index (κ2) is 3.69. The van der Waals surface area contributed by atoms with Gasteiger partial charge >= 0.3 is 0 Å². The van der Waals surface area contributed by atoms with Gasteiger partial charge in [0.2, 0.25) is 0 Å². The van der Waals surface area contributed by atoms with Crippen LogP contribution in [0.5, 0.6) is 0 Å². The molecule has 0 radical (unpaired) electrons. The summed E-state index contributed by atoms with van der Waals surface area (Å²) in [5.41, 5.74) is -0.885. The van der Waals surface area contributed by atoms with Crippen LogP contribution in [0, 0.1) is 12.8 Å². The summed E-state index contributed by atoms with van der Waals surface area (Å²) in [5, 5.41) is 18.2. The van der Waals surface area contributed by atoms with Crippen LogP contribution in [0.25, 0.3) is 0 Å². The number of nitrogens with zero attached hydrogens (tertiary/aromatic N) is 3. The van der Waals surface area contributed by atoms with E-state index in [2.05, 4.69) is 24.0 Å². The molecule has 0 aliphatic carbocycles. The summed E-state index contributed by atoms with van der Waals surface area (Å²) in [7, 11) is 1.87. The van der Waals surface area contributed by atoms with Crippen molar-refractivity contribution in [2.45, 2.75) is 39.7 Å². The van der Waals surface area contributed by atoms with Crippen LogP contribution in [-0.2, 0) is 12.6 Å². The lowest BCUT2D eigenvalue weighted by Crippen LogP contribution is -2.27. The summed E-state index contributed by atoms with van der Waals surface area (Å²) in [6, 6.07) is 0. The molecule has 1 atom stereocenters. The van der Waals surface area contributed by atoms with Crippen LogP contribution in [0.4, 0.5) is 0 Å². The van der Waals surface area contributed by atoms with Gasteiger partial charge in [0.1, 0.15) is 11.4 Å². The van der Waals surface area contributed by atoms with E-state index in [1.54, 1.807) is 6.92 Å². The van der Waals surface area contributed by atoms with Gasteiger partial charge in [0.15, 0.2) is 5.82 Å². The molecule has 0 amide bonds. The molecule has 1 heterocycles. The zero-order valence-electron chi connectivity index (χ0n) is 9.57. The molecule has 4 heteroatoms. The molecule has 0 aliphatic heterocycles. The molecule has 1 rings (SSSR count). The Morgan fingerprint density at radius 2 is 2.00 bits per heavy atom. The summed E-state index contributed by atoms with van der Waals surface area (Å²) in [4.78, 5) is 0. The maximum Gasteiger partial charge on any atom is 0.164 e. The minimum absolute atomic E-state index is 0.432. The summed E-state index contributed by atoms with van der Waals surface area (Å²) in [6.07, 6.45) is 0.693. The van der Waals surface area contributed by atoms with Gasteiger partial charge in [-0.1, -0.05) is 13.8 Å². The number of aliphatic hydroxyl groups is 1. The quantitative estimate of drug-likeness (QED) is 0.796. The summed E-state index contributed by atoms with van der Waals surface area (Å²) >= 11 is 0. The molecule has 1 N–H and O–H groups in total. The van der Waals surface area contributed by atoms with Crippen LogP contribution in [0.2, 0.25) is 0 Å². The number of hydrogen-bond donors (Lipinski definition) is 1. The normalized spacial score (nSPS) is 15.9. The molecule has 1 aromatic rings. The highest BCUT2D eigenvalue weighted by Crippen LogP contribution is 2.26. The average molecular weight is 197 g/mol. The fourth-order valence-corrected chi connectivity index (χ4v) is 1.76. The first kappa shape index (κ1) is 11.2. The van der Waals surface area contributed by atoms with E-state index in [1.165, 1.54) is 0 Å². The minimum atomic E-state index is -0.885. The van der Waals surface area contributed by atoms with Crippen molar-refractivity contribution in [2.75, 3.05) is 0 Å². The van der Waals surface area contributed by atoms with Crippen LogP contribution in [0.1, 0.15) is 38.8 Å². The van der Waals surface area contributed by atoms with Crippen molar-refractivity contribution < 1.29 is 5.11 Å². The predicted molar refractivity (Wildman–Crippen MR) is 54.8 cm³/mol. The molecule has 1 unspecified atom stereocenters. The van der Waals surface area contributed by atoms with Gasteiger partial charge in [0.05, 0.1) is 0 Å². The maximum atomic E-state index is 10.2. The Morgan fingerprint density at radius 1 is 1.43 bits per heavy atom. The van der Waals surface area contributed by atoms with Crippen molar-refractivity contribution in [2.24, 2.45) is 13.0 Å². The Hall–Kier alpha value is -0.900. The second-order valence-electron chi connectivity index (χ2n) is 4.50.